The second-order valence-electron chi connectivity index (χ2n) is 7.98. The minimum absolute atomic E-state index is 0.194. The fourth-order valence-electron chi connectivity index (χ4n) is 3.23. The molecule has 4 rings (SSSR count). The molecule has 2 aromatic heterocycles. The van der Waals surface area contributed by atoms with Gasteiger partial charge in [0.05, 0.1) is 6.04 Å². The van der Waals surface area contributed by atoms with Crippen LogP contribution < -0.4 is 0 Å². The van der Waals surface area contributed by atoms with Crippen molar-refractivity contribution in [3.63, 3.8) is 0 Å². The molecule has 0 spiro atoms. The SMILES string of the molecule is CC(C)(C)OC(=O)N1CCCC1c1nnc2sc(SCc3ccc(Cl)cc3Cl)nn12. The maximum atomic E-state index is 12.6. The molecule has 1 aliphatic heterocycles. The first kappa shape index (κ1) is 21.7. The highest BCUT2D eigenvalue weighted by Gasteiger charge is 2.36. The number of ether oxygens (including phenoxy) is 1. The van der Waals surface area contributed by atoms with E-state index in [1.54, 1.807) is 27.2 Å². The van der Waals surface area contributed by atoms with Crippen molar-refractivity contribution in [3.8, 4) is 0 Å². The van der Waals surface area contributed by atoms with Crippen LogP contribution in [0, 0.1) is 0 Å². The van der Waals surface area contributed by atoms with Crippen molar-refractivity contribution in [1.29, 1.82) is 0 Å². The summed E-state index contributed by atoms with van der Waals surface area (Å²) >= 11 is 15.3. The maximum absolute atomic E-state index is 12.6. The number of nitrogens with zero attached hydrogens (tertiary/aromatic N) is 5. The molecule has 0 bridgehead atoms. The Hall–Kier alpha value is -1.55. The van der Waals surface area contributed by atoms with Crippen LogP contribution in [-0.4, -0.2) is 43.0 Å². The number of hydrogen-bond acceptors (Lipinski definition) is 7. The van der Waals surface area contributed by atoms with Crippen LogP contribution in [0.15, 0.2) is 22.5 Å². The van der Waals surface area contributed by atoms with Gasteiger partial charge in [-0.3, -0.25) is 4.90 Å². The van der Waals surface area contributed by atoms with Gasteiger partial charge >= 0.3 is 6.09 Å². The lowest BCUT2D eigenvalue weighted by molar-refractivity contribution is 0.0217. The Balaban J connectivity index is 1.52. The van der Waals surface area contributed by atoms with Crippen LogP contribution >= 0.6 is 46.3 Å². The van der Waals surface area contributed by atoms with Gasteiger partial charge in [0.2, 0.25) is 4.96 Å². The van der Waals surface area contributed by atoms with E-state index in [2.05, 4.69) is 15.3 Å². The molecule has 1 aliphatic rings. The molecule has 7 nitrogen and oxygen atoms in total. The third-order valence-corrected chi connectivity index (χ3v) is 7.21. The Morgan fingerprint density at radius 3 is 2.87 bits per heavy atom. The first-order valence-electron chi connectivity index (χ1n) is 9.50. The number of thioether (sulfide) groups is 1. The topological polar surface area (TPSA) is 72.6 Å². The molecule has 0 saturated carbocycles. The van der Waals surface area contributed by atoms with Crippen molar-refractivity contribution in [2.75, 3.05) is 6.54 Å². The Morgan fingerprint density at radius 1 is 1.33 bits per heavy atom. The van der Waals surface area contributed by atoms with Crippen LogP contribution in [0.5, 0.6) is 0 Å². The highest BCUT2D eigenvalue weighted by Crippen LogP contribution is 2.35. The molecule has 3 aromatic rings. The second kappa shape index (κ2) is 8.53. The fraction of sp³-hybridized carbons (Fsp3) is 0.474. The van der Waals surface area contributed by atoms with Gasteiger partial charge in [0.25, 0.3) is 0 Å². The standard InChI is InChI=1S/C19H21Cl2N5O2S2/c1-19(2,3)28-18(27)25-8-4-5-14(25)15-22-23-16-26(15)24-17(30-16)29-10-11-6-7-12(20)9-13(11)21/h6-7,9,14H,4-5,8,10H2,1-3H3. The average molecular weight is 486 g/mol. The number of aromatic nitrogens is 4. The predicted octanol–water partition coefficient (Wildman–Crippen LogP) is 5.86. The van der Waals surface area contributed by atoms with Gasteiger partial charge in [-0.1, -0.05) is 52.4 Å². The molecular weight excluding hydrogens is 465 g/mol. The van der Waals surface area contributed by atoms with Crippen molar-refractivity contribution in [3.05, 3.63) is 39.6 Å². The smallest absolute Gasteiger partial charge is 0.410 e. The Bertz CT molecular complexity index is 1080. The summed E-state index contributed by atoms with van der Waals surface area (Å²) in [6.45, 7) is 6.22. The van der Waals surface area contributed by atoms with Gasteiger partial charge < -0.3 is 4.74 Å². The summed E-state index contributed by atoms with van der Waals surface area (Å²) in [4.78, 5) is 15.0. The molecule has 1 aromatic carbocycles. The Kier molecular flexibility index (Phi) is 6.16. The average Bonchev–Trinajstić information content (AvgIpc) is 3.34. The van der Waals surface area contributed by atoms with Crippen LogP contribution in [0.2, 0.25) is 10.0 Å². The van der Waals surface area contributed by atoms with Gasteiger partial charge in [-0.05, 0) is 51.3 Å². The number of amides is 1. The van der Waals surface area contributed by atoms with Crippen molar-refractivity contribution in [1.82, 2.24) is 24.7 Å². The van der Waals surface area contributed by atoms with E-state index < -0.39 is 5.60 Å². The molecule has 11 heteroatoms. The molecule has 0 aliphatic carbocycles. The molecule has 1 atom stereocenters. The predicted molar refractivity (Wildman–Crippen MR) is 120 cm³/mol. The molecule has 1 saturated heterocycles. The summed E-state index contributed by atoms with van der Waals surface area (Å²) in [5.74, 6) is 1.34. The van der Waals surface area contributed by atoms with E-state index in [-0.39, 0.29) is 12.1 Å². The van der Waals surface area contributed by atoms with Crippen molar-refractivity contribution >= 4 is 57.4 Å². The molecule has 160 valence electrons. The second-order valence-corrected chi connectivity index (χ2v) is 11.0. The Morgan fingerprint density at radius 2 is 2.13 bits per heavy atom. The van der Waals surface area contributed by atoms with Gasteiger partial charge in [0.15, 0.2) is 10.2 Å². The van der Waals surface area contributed by atoms with E-state index in [1.165, 1.54) is 11.3 Å². The molecule has 30 heavy (non-hydrogen) atoms. The maximum Gasteiger partial charge on any atom is 0.410 e. The quantitative estimate of drug-likeness (QED) is 0.431. The summed E-state index contributed by atoms with van der Waals surface area (Å²) < 4.78 is 8.16. The van der Waals surface area contributed by atoms with Crippen LogP contribution in [0.1, 0.15) is 51.0 Å². The number of halogens is 2. The third-order valence-electron chi connectivity index (χ3n) is 4.54. The molecule has 1 fully saturated rings. The normalized spacial score (nSPS) is 17.1. The van der Waals surface area contributed by atoms with Crippen LogP contribution in [0.25, 0.3) is 4.96 Å². The van der Waals surface area contributed by atoms with E-state index in [4.69, 9.17) is 27.9 Å². The number of rotatable bonds is 4. The highest BCUT2D eigenvalue weighted by molar-refractivity contribution is 8.00. The minimum Gasteiger partial charge on any atom is -0.444 e. The van der Waals surface area contributed by atoms with Crippen molar-refractivity contribution < 1.29 is 9.53 Å². The molecular formula is C19H21Cl2N5O2S2. The summed E-state index contributed by atoms with van der Waals surface area (Å²) in [5, 5.41) is 14.5. The van der Waals surface area contributed by atoms with Gasteiger partial charge in [0.1, 0.15) is 5.60 Å². The largest absolute Gasteiger partial charge is 0.444 e. The van der Waals surface area contributed by atoms with Crippen LogP contribution in [0.3, 0.4) is 0 Å². The van der Waals surface area contributed by atoms with Gasteiger partial charge in [-0.25, -0.2) is 4.79 Å². The molecule has 1 unspecified atom stereocenters. The summed E-state index contributed by atoms with van der Waals surface area (Å²) in [6, 6.07) is 5.29. The Labute approximate surface area is 192 Å². The summed E-state index contributed by atoms with van der Waals surface area (Å²) in [7, 11) is 0. The number of carbonyl (C=O) groups is 1. The molecule has 0 N–H and O–H groups in total. The number of fused-ring (bicyclic) bond motifs is 1. The zero-order chi connectivity index (χ0) is 21.5. The third kappa shape index (κ3) is 4.69. The zero-order valence-electron chi connectivity index (χ0n) is 16.8. The number of likely N-dealkylation sites (tertiary alicyclic amines) is 1. The monoisotopic (exact) mass is 485 g/mol. The highest BCUT2D eigenvalue weighted by atomic mass is 35.5. The van der Waals surface area contributed by atoms with E-state index in [0.29, 0.717) is 33.1 Å². The van der Waals surface area contributed by atoms with Gasteiger partial charge in [-0.15, -0.1) is 15.3 Å². The number of benzene rings is 1. The van der Waals surface area contributed by atoms with Crippen molar-refractivity contribution in [2.24, 2.45) is 0 Å². The van der Waals surface area contributed by atoms with Crippen LogP contribution in [0.4, 0.5) is 4.79 Å². The van der Waals surface area contributed by atoms with E-state index in [9.17, 15) is 4.79 Å². The minimum atomic E-state index is -0.544. The van der Waals surface area contributed by atoms with Crippen LogP contribution in [-0.2, 0) is 10.5 Å². The zero-order valence-corrected chi connectivity index (χ0v) is 19.9. The van der Waals surface area contributed by atoms with Crippen molar-refractivity contribution in [2.45, 2.75) is 55.3 Å². The summed E-state index contributed by atoms with van der Waals surface area (Å²) in [5.41, 5.74) is 0.446. The molecule has 3 heterocycles. The van der Waals surface area contributed by atoms with Gasteiger partial charge in [-0.2, -0.15) is 4.52 Å². The lowest BCUT2D eigenvalue weighted by atomic mass is 10.2. The van der Waals surface area contributed by atoms with E-state index in [0.717, 1.165) is 22.7 Å². The first-order chi connectivity index (χ1) is 14.2. The van der Waals surface area contributed by atoms with Gasteiger partial charge in [0, 0.05) is 22.3 Å². The fourth-order valence-corrected chi connectivity index (χ4v) is 5.67. The van der Waals surface area contributed by atoms with E-state index >= 15 is 0 Å². The summed E-state index contributed by atoms with van der Waals surface area (Å²) in [6.07, 6.45) is 1.36. The molecule has 1 amide bonds. The number of hydrogen-bond donors (Lipinski definition) is 0. The molecule has 0 radical (unpaired) electrons. The van der Waals surface area contributed by atoms with E-state index in [1.807, 2.05) is 32.9 Å². The number of carbonyl (C=O) groups excluding carboxylic acids is 1. The first-order valence-corrected chi connectivity index (χ1v) is 12.1. The lowest BCUT2D eigenvalue weighted by Crippen LogP contribution is -2.37. The lowest BCUT2D eigenvalue weighted by Gasteiger charge is -2.27.